The molecule has 0 aliphatic rings. The Morgan fingerprint density at radius 1 is 1.40 bits per heavy atom. The molecule has 58 valence electrons. The van der Waals surface area contributed by atoms with Gasteiger partial charge in [0, 0.05) is 0 Å². The molecule has 0 aromatic heterocycles. The van der Waals surface area contributed by atoms with Crippen LogP contribution in [0, 0.1) is 5.92 Å². The monoisotopic (exact) mass is 140 g/mol. The molecule has 0 aromatic rings. The summed E-state index contributed by atoms with van der Waals surface area (Å²) < 4.78 is 0. The Labute approximate surface area is 63.1 Å². The molecule has 1 heteroatoms. The van der Waals surface area contributed by atoms with Gasteiger partial charge in [0.25, 0.3) is 0 Å². The topological polar surface area (TPSA) is 17.1 Å². The van der Waals surface area contributed by atoms with Crippen LogP contribution in [0.1, 0.15) is 33.6 Å². The standard InChI is InChI=1S/C9H16O/c1-4-8(5-2)9(6-3)7-10/h6-8H,4-5H2,1-3H3/b9-6+. The zero-order valence-corrected chi connectivity index (χ0v) is 7.05. The van der Waals surface area contributed by atoms with E-state index in [4.69, 9.17) is 0 Å². The summed E-state index contributed by atoms with van der Waals surface area (Å²) in [6.45, 7) is 6.14. The van der Waals surface area contributed by atoms with E-state index in [9.17, 15) is 4.79 Å². The minimum atomic E-state index is 0.475. The molecule has 0 spiro atoms. The quantitative estimate of drug-likeness (QED) is 0.433. The first-order chi connectivity index (χ1) is 4.79. The van der Waals surface area contributed by atoms with Crippen molar-refractivity contribution < 1.29 is 4.79 Å². The third kappa shape index (κ3) is 2.34. The van der Waals surface area contributed by atoms with Crippen LogP contribution in [0.2, 0.25) is 0 Å². The number of rotatable bonds is 4. The number of aldehydes is 1. The second-order valence-corrected chi connectivity index (χ2v) is 2.42. The molecular formula is C9H16O. The van der Waals surface area contributed by atoms with Crippen molar-refractivity contribution in [3.63, 3.8) is 0 Å². The van der Waals surface area contributed by atoms with Crippen LogP contribution in [-0.4, -0.2) is 6.29 Å². The Morgan fingerprint density at radius 3 is 2.00 bits per heavy atom. The van der Waals surface area contributed by atoms with E-state index >= 15 is 0 Å². The highest BCUT2D eigenvalue weighted by Crippen LogP contribution is 2.16. The molecule has 0 unspecified atom stereocenters. The van der Waals surface area contributed by atoms with Crippen LogP contribution in [0.5, 0.6) is 0 Å². The minimum Gasteiger partial charge on any atom is -0.298 e. The lowest BCUT2D eigenvalue weighted by Crippen LogP contribution is -2.01. The summed E-state index contributed by atoms with van der Waals surface area (Å²) in [7, 11) is 0. The molecule has 0 radical (unpaired) electrons. The van der Waals surface area contributed by atoms with Gasteiger partial charge in [-0.25, -0.2) is 0 Å². The van der Waals surface area contributed by atoms with E-state index in [0.717, 1.165) is 24.7 Å². The van der Waals surface area contributed by atoms with Crippen LogP contribution in [-0.2, 0) is 4.79 Å². The molecule has 0 aromatic carbocycles. The first kappa shape index (κ1) is 9.41. The van der Waals surface area contributed by atoms with Crippen molar-refractivity contribution >= 4 is 6.29 Å². The van der Waals surface area contributed by atoms with Gasteiger partial charge in [0.05, 0.1) is 0 Å². The van der Waals surface area contributed by atoms with Gasteiger partial charge in [-0.05, 0) is 31.3 Å². The van der Waals surface area contributed by atoms with E-state index in [-0.39, 0.29) is 0 Å². The van der Waals surface area contributed by atoms with Crippen molar-refractivity contribution in [3.8, 4) is 0 Å². The molecule has 0 heterocycles. The fourth-order valence-corrected chi connectivity index (χ4v) is 1.16. The lowest BCUT2D eigenvalue weighted by molar-refractivity contribution is -0.105. The average molecular weight is 140 g/mol. The van der Waals surface area contributed by atoms with E-state index in [0.29, 0.717) is 5.92 Å². The first-order valence-electron chi connectivity index (χ1n) is 3.91. The number of allylic oxidation sites excluding steroid dienone is 2. The molecule has 10 heavy (non-hydrogen) atoms. The Balaban J connectivity index is 4.10. The van der Waals surface area contributed by atoms with Crippen LogP contribution in [0.3, 0.4) is 0 Å². The molecule has 0 atom stereocenters. The van der Waals surface area contributed by atoms with Gasteiger partial charge in [-0.3, -0.25) is 4.79 Å². The number of carbonyl (C=O) groups excluding carboxylic acids is 1. The molecule has 0 aliphatic heterocycles. The summed E-state index contributed by atoms with van der Waals surface area (Å²) in [5, 5.41) is 0. The van der Waals surface area contributed by atoms with Crippen molar-refractivity contribution in [1.29, 1.82) is 0 Å². The van der Waals surface area contributed by atoms with Crippen LogP contribution in [0.4, 0.5) is 0 Å². The van der Waals surface area contributed by atoms with Crippen LogP contribution in [0.15, 0.2) is 11.6 Å². The van der Waals surface area contributed by atoms with Gasteiger partial charge in [0.2, 0.25) is 0 Å². The summed E-state index contributed by atoms with van der Waals surface area (Å²) in [4.78, 5) is 10.4. The molecule has 0 aliphatic carbocycles. The zero-order chi connectivity index (χ0) is 7.98. The highest BCUT2D eigenvalue weighted by Gasteiger charge is 2.06. The van der Waals surface area contributed by atoms with Gasteiger partial charge in [-0.1, -0.05) is 19.9 Å². The summed E-state index contributed by atoms with van der Waals surface area (Å²) in [5.41, 5.74) is 0.949. The van der Waals surface area contributed by atoms with E-state index in [1.165, 1.54) is 0 Å². The van der Waals surface area contributed by atoms with Crippen LogP contribution >= 0.6 is 0 Å². The lowest BCUT2D eigenvalue weighted by atomic mass is 9.95. The van der Waals surface area contributed by atoms with Crippen molar-refractivity contribution in [2.24, 2.45) is 5.92 Å². The SMILES string of the molecule is C/C=C(\C=O)C(CC)CC. The van der Waals surface area contributed by atoms with Gasteiger partial charge in [-0.15, -0.1) is 0 Å². The van der Waals surface area contributed by atoms with E-state index < -0.39 is 0 Å². The van der Waals surface area contributed by atoms with E-state index in [1.807, 2.05) is 13.0 Å². The molecule has 0 saturated heterocycles. The summed E-state index contributed by atoms with van der Waals surface area (Å²) in [6, 6.07) is 0. The number of hydrogen-bond donors (Lipinski definition) is 0. The highest BCUT2D eigenvalue weighted by atomic mass is 16.1. The third-order valence-electron chi connectivity index (χ3n) is 1.93. The maximum atomic E-state index is 10.4. The molecule has 0 amide bonds. The zero-order valence-electron chi connectivity index (χ0n) is 7.05. The number of hydrogen-bond acceptors (Lipinski definition) is 1. The van der Waals surface area contributed by atoms with Crippen LogP contribution < -0.4 is 0 Å². The summed E-state index contributed by atoms with van der Waals surface area (Å²) >= 11 is 0. The van der Waals surface area contributed by atoms with Gasteiger partial charge in [0.15, 0.2) is 0 Å². The molecule has 1 nitrogen and oxygen atoms in total. The normalized spacial score (nSPS) is 12.2. The molecule has 0 fully saturated rings. The van der Waals surface area contributed by atoms with Gasteiger partial charge >= 0.3 is 0 Å². The second kappa shape index (κ2) is 5.21. The second-order valence-electron chi connectivity index (χ2n) is 2.42. The van der Waals surface area contributed by atoms with Gasteiger partial charge in [0.1, 0.15) is 6.29 Å². The fourth-order valence-electron chi connectivity index (χ4n) is 1.16. The minimum absolute atomic E-state index is 0.475. The Morgan fingerprint density at radius 2 is 1.90 bits per heavy atom. The van der Waals surface area contributed by atoms with Crippen LogP contribution in [0.25, 0.3) is 0 Å². The largest absolute Gasteiger partial charge is 0.298 e. The van der Waals surface area contributed by atoms with E-state index in [1.54, 1.807) is 0 Å². The van der Waals surface area contributed by atoms with Crippen molar-refractivity contribution in [1.82, 2.24) is 0 Å². The molecular weight excluding hydrogens is 124 g/mol. The predicted octanol–water partition coefficient (Wildman–Crippen LogP) is 2.57. The molecule has 0 saturated carbocycles. The van der Waals surface area contributed by atoms with Gasteiger partial charge in [-0.2, -0.15) is 0 Å². The average Bonchev–Trinajstić information content (AvgIpc) is 2.00. The highest BCUT2D eigenvalue weighted by molar-refractivity contribution is 5.73. The first-order valence-corrected chi connectivity index (χ1v) is 3.91. The Bertz CT molecular complexity index is 121. The lowest BCUT2D eigenvalue weighted by Gasteiger charge is -2.10. The Kier molecular flexibility index (Phi) is 4.91. The molecule has 0 N–H and O–H groups in total. The van der Waals surface area contributed by atoms with Crippen molar-refractivity contribution in [3.05, 3.63) is 11.6 Å². The van der Waals surface area contributed by atoms with Gasteiger partial charge < -0.3 is 0 Å². The van der Waals surface area contributed by atoms with Crippen molar-refractivity contribution in [2.45, 2.75) is 33.6 Å². The van der Waals surface area contributed by atoms with Crippen molar-refractivity contribution in [2.75, 3.05) is 0 Å². The Hall–Kier alpha value is -0.590. The number of carbonyl (C=O) groups is 1. The summed E-state index contributed by atoms with van der Waals surface area (Å²) in [6.07, 6.45) is 5.01. The smallest absolute Gasteiger partial charge is 0.145 e. The predicted molar refractivity (Wildman–Crippen MR) is 43.9 cm³/mol. The third-order valence-corrected chi connectivity index (χ3v) is 1.93. The maximum Gasteiger partial charge on any atom is 0.145 e. The maximum absolute atomic E-state index is 10.4. The fraction of sp³-hybridized carbons (Fsp3) is 0.667. The molecule has 0 bridgehead atoms. The van der Waals surface area contributed by atoms with E-state index in [2.05, 4.69) is 13.8 Å². The summed E-state index contributed by atoms with van der Waals surface area (Å²) in [5.74, 6) is 0.475. The molecule has 0 rings (SSSR count).